The summed E-state index contributed by atoms with van der Waals surface area (Å²) in [6.07, 6.45) is 28.5. The molecule has 4 fully saturated rings. The molecule has 0 aromatic heterocycles. The van der Waals surface area contributed by atoms with Crippen LogP contribution in [0.3, 0.4) is 0 Å². The van der Waals surface area contributed by atoms with Gasteiger partial charge in [-0.25, -0.2) is 0 Å². The molecule has 1 heterocycles. The van der Waals surface area contributed by atoms with E-state index in [4.69, 9.17) is 0 Å². The predicted octanol–water partition coefficient (Wildman–Crippen LogP) is 13.3. The Kier molecular flexibility index (Phi) is 25.5. The fourth-order valence-electron chi connectivity index (χ4n) is 7.55. The zero-order chi connectivity index (χ0) is 34.8. The summed E-state index contributed by atoms with van der Waals surface area (Å²) in [5, 5.41) is 0. The SMILES string of the molecule is Cc1cc(C)c(N2CCN(c3c(C)cc(C)cc3C)[C]2=[Ru]=[CH]c2ccccc2)c(C)c1.Cl.Cl.P.[CH-]1CCCCC1.[CH-]1CCCCC1.[CH-]1CCCCC1. The van der Waals surface area contributed by atoms with Gasteiger partial charge in [-0.1, -0.05) is 57.8 Å². The molecule has 3 aromatic rings. The molecule has 0 N–H and O–H groups in total. The van der Waals surface area contributed by atoms with Gasteiger partial charge in [-0.2, -0.15) is 48.4 Å². The summed E-state index contributed by atoms with van der Waals surface area (Å²) in [6, 6.07) is 20.1. The summed E-state index contributed by atoms with van der Waals surface area (Å²) >= 11 is -0.0911. The molecule has 0 bridgehead atoms. The molecule has 4 aliphatic rings. The molecule has 1 unspecified atom stereocenters. The van der Waals surface area contributed by atoms with Crippen molar-refractivity contribution in [1.29, 1.82) is 0 Å². The molecule has 1 aliphatic heterocycles. The monoisotopic (exact) mass is 853 g/mol. The third kappa shape index (κ3) is 16.2. The minimum atomic E-state index is -0.0911. The first-order chi connectivity index (χ1) is 23.8. The van der Waals surface area contributed by atoms with Crippen LogP contribution in [0.15, 0.2) is 54.6 Å². The molecular weight excluding hydrogens is 783 g/mol. The zero-order valence-electron chi connectivity index (χ0n) is 33.3. The summed E-state index contributed by atoms with van der Waals surface area (Å²) < 4.78 is 3.91. The van der Waals surface area contributed by atoms with Gasteiger partial charge in [0.2, 0.25) is 0 Å². The third-order valence-electron chi connectivity index (χ3n) is 9.80. The molecule has 52 heavy (non-hydrogen) atoms. The van der Waals surface area contributed by atoms with Crippen molar-refractivity contribution < 1.29 is 16.2 Å². The molecule has 2 nitrogen and oxygen atoms in total. The van der Waals surface area contributed by atoms with Gasteiger partial charge in [0, 0.05) is 0 Å². The van der Waals surface area contributed by atoms with E-state index in [1.807, 2.05) is 0 Å². The van der Waals surface area contributed by atoms with Crippen molar-refractivity contribution >= 4 is 55.1 Å². The van der Waals surface area contributed by atoms with Gasteiger partial charge in [0.1, 0.15) is 0 Å². The fourth-order valence-corrected chi connectivity index (χ4v) is 9.72. The number of benzene rings is 3. The molecule has 3 aromatic carbocycles. The minimum Gasteiger partial charge on any atom is -0.328 e. The molecule has 0 amide bonds. The number of anilines is 2. The Hall–Kier alpha value is -1.37. The molecule has 0 radical (unpaired) electrons. The van der Waals surface area contributed by atoms with Gasteiger partial charge < -0.3 is 19.3 Å². The number of nitrogens with zero attached hydrogens (tertiary/aromatic N) is 2. The summed E-state index contributed by atoms with van der Waals surface area (Å²) in [4.78, 5) is 5.20. The Bertz CT molecular complexity index is 1310. The smallest absolute Gasteiger partial charge is 0.0582 e. The van der Waals surface area contributed by atoms with E-state index in [2.05, 4.69) is 130 Å². The number of hydrogen-bond donors (Lipinski definition) is 0. The van der Waals surface area contributed by atoms with E-state index in [9.17, 15) is 0 Å². The number of rotatable bonds is 3. The van der Waals surface area contributed by atoms with E-state index in [-0.39, 0.29) is 50.9 Å². The second kappa shape index (κ2) is 27.3. The van der Waals surface area contributed by atoms with Crippen LogP contribution < -0.4 is 9.80 Å². The topological polar surface area (TPSA) is 6.48 Å². The Balaban J connectivity index is 0.000000523. The first-order valence-electron chi connectivity index (χ1n) is 19.4. The standard InChI is InChI=1S/C21H26N2.C7H6.3C6H11.2ClH.H3P.Ru/c1-14-9-16(3)20(17(4)10-14)22-7-8-23(13-22)21-18(5)11-15(2)12-19(21)6;1-7-5-3-2-4-6-7;3*1-2-4-6-5-3-1;;;;/h9-12H,7-8H2,1-6H3;1-6H;3*1H,2-6H2;2*1H;1H3;/q;;3*-1;;;;. The molecule has 1 saturated heterocycles. The van der Waals surface area contributed by atoms with E-state index in [0.29, 0.717) is 0 Å². The quantitative estimate of drug-likeness (QED) is 0.147. The Labute approximate surface area is 342 Å². The van der Waals surface area contributed by atoms with Crippen LogP contribution in [0.1, 0.15) is 135 Å². The van der Waals surface area contributed by atoms with Gasteiger partial charge in [0.05, 0.1) is 0 Å². The van der Waals surface area contributed by atoms with E-state index in [1.54, 1.807) is 0 Å². The maximum Gasteiger partial charge on any atom is -0.0582 e. The van der Waals surface area contributed by atoms with Crippen molar-refractivity contribution in [3.05, 3.63) is 113 Å². The Morgan fingerprint density at radius 1 is 0.500 bits per heavy atom. The normalized spacial score (nSPS) is 16.5. The maximum absolute atomic E-state index is 2.60. The predicted molar refractivity (Wildman–Crippen MR) is 240 cm³/mol. The second-order valence-electron chi connectivity index (χ2n) is 14.5. The van der Waals surface area contributed by atoms with Crippen molar-refractivity contribution in [1.82, 2.24) is 0 Å². The van der Waals surface area contributed by atoms with Crippen molar-refractivity contribution in [3.63, 3.8) is 0 Å². The summed E-state index contributed by atoms with van der Waals surface area (Å²) in [6.45, 7) is 15.5. The average molecular weight is 854 g/mol. The zero-order valence-corrected chi connectivity index (χ0v) is 38.1. The first-order valence-corrected chi connectivity index (χ1v) is 21.2. The van der Waals surface area contributed by atoms with Crippen LogP contribution >= 0.6 is 34.7 Å². The van der Waals surface area contributed by atoms with E-state index in [0.717, 1.165) is 13.1 Å². The van der Waals surface area contributed by atoms with Crippen LogP contribution in [0.2, 0.25) is 0 Å². The maximum atomic E-state index is 2.60. The molecule has 7 rings (SSSR count). The summed E-state index contributed by atoms with van der Waals surface area (Å²) in [5.41, 5.74) is 12.3. The minimum absolute atomic E-state index is 0. The number of hydrogen-bond acceptors (Lipinski definition) is 2. The van der Waals surface area contributed by atoms with Crippen molar-refractivity contribution in [3.8, 4) is 0 Å². The van der Waals surface area contributed by atoms with Gasteiger partial charge in [0.15, 0.2) is 0 Å². The molecular formula is C46H70Cl2N2PRu-3. The van der Waals surface area contributed by atoms with Crippen LogP contribution in [-0.4, -0.2) is 22.1 Å². The van der Waals surface area contributed by atoms with E-state index in [1.165, 1.54) is 151 Å². The fraction of sp³-hybridized carbons (Fsp3) is 0.500. The Morgan fingerprint density at radius 2 is 0.827 bits per heavy atom. The molecule has 3 saturated carbocycles. The molecule has 1 atom stereocenters. The van der Waals surface area contributed by atoms with Crippen molar-refractivity contribution in [2.24, 2.45) is 0 Å². The van der Waals surface area contributed by atoms with Gasteiger partial charge in [-0.15, -0.1) is 24.8 Å². The van der Waals surface area contributed by atoms with Crippen molar-refractivity contribution in [2.45, 2.75) is 138 Å². The largest absolute Gasteiger partial charge is 0.328 e. The van der Waals surface area contributed by atoms with Crippen LogP contribution in [0.25, 0.3) is 0 Å². The van der Waals surface area contributed by atoms with Crippen LogP contribution in [0, 0.1) is 60.8 Å². The van der Waals surface area contributed by atoms with Crippen LogP contribution in [0.4, 0.5) is 11.4 Å². The molecule has 0 spiro atoms. The first kappa shape index (κ1) is 48.7. The summed E-state index contributed by atoms with van der Waals surface area (Å²) in [7, 11) is 0. The second-order valence-corrected chi connectivity index (χ2v) is 16.2. The van der Waals surface area contributed by atoms with E-state index >= 15 is 0 Å². The van der Waals surface area contributed by atoms with Crippen LogP contribution in [-0.2, 0) is 16.2 Å². The molecule has 6 heteroatoms. The summed E-state index contributed by atoms with van der Waals surface area (Å²) in [5.74, 6) is 0. The van der Waals surface area contributed by atoms with Gasteiger partial charge >= 0.3 is 195 Å². The average Bonchev–Trinajstić information content (AvgIpc) is 3.52. The van der Waals surface area contributed by atoms with Crippen LogP contribution in [0.5, 0.6) is 0 Å². The molecule has 294 valence electrons. The van der Waals surface area contributed by atoms with Gasteiger partial charge in [-0.3, -0.25) is 0 Å². The van der Waals surface area contributed by atoms with Crippen molar-refractivity contribution in [2.75, 3.05) is 22.9 Å². The third-order valence-corrected chi connectivity index (χ3v) is 12.0. The van der Waals surface area contributed by atoms with Gasteiger partial charge in [-0.05, 0) is 0 Å². The molecule has 3 aliphatic carbocycles. The van der Waals surface area contributed by atoms with Gasteiger partial charge in [0.25, 0.3) is 0 Å². The number of halogens is 2. The number of aryl methyl sites for hydroxylation is 6. The Morgan fingerprint density at radius 3 is 1.10 bits per heavy atom. The van der Waals surface area contributed by atoms with E-state index < -0.39 is 0 Å².